The lowest BCUT2D eigenvalue weighted by molar-refractivity contribution is -0.384. The van der Waals surface area contributed by atoms with E-state index < -0.39 is 4.92 Å². The van der Waals surface area contributed by atoms with E-state index >= 15 is 0 Å². The number of nitrogens with zero attached hydrogens (tertiary/aromatic N) is 3. The van der Waals surface area contributed by atoms with Gasteiger partial charge in [0.15, 0.2) is 0 Å². The fourth-order valence-corrected chi connectivity index (χ4v) is 2.45. The molecule has 0 saturated heterocycles. The normalized spacial score (nSPS) is 10.5. The van der Waals surface area contributed by atoms with Crippen molar-refractivity contribution in [2.24, 2.45) is 0 Å². The highest BCUT2D eigenvalue weighted by Crippen LogP contribution is 2.24. The summed E-state index contributed by atoms with van der Waals surface area (Å²) >= 11 is 6.09. The minimum Gasteiger partial charge on any atom is -0.352 e. The molecule has 1 heterocycles. The molecule has 0 saturated carbocycles. The van der Waals surface area contributed by atoms with Crippen LogP contribution in [0.2, 0.25) is 5.02 Å². The van der Waals surface area contributed by atoms with E-state index in [0.717, 1.165) is 0 Å². The van der Waals surface area contributed by atoms with E-state index in [0.29, 0.717) is 34.3 Å². The number of nitrogens with one attached hydrogen (secondary N) is 1. The Morgan fingerprint density at radius 3 is 2.62 bits per heavy atom. The monoisotopic (exact) mass is 372 g/mol. The third kappa shape index (κ3) is 4.04. The van der Waals surface area contributed by atoms with Crippen molar-refractivity contribution < 1.29 is 14.2 Å². The Morgan fingerprint density at radius 1 is 1.19 bits per heavy atom. The van der Waals surface area contributed by atoms with Crippen LogP contribution < -0.4 is 5.32 Å². The van der Waals surface area contributed by atoms with Crippen LogP contribution in [0.25, 0.3) is 11.4 Å². The van der Waals surface area contributed by atoms with Gasteiger partial charge in [-0.2, -0.15) is 4.98 Å². The Kier molecular flexibility index (Phi) is 5.23. The van der Waals surface area contributed by atoms with Crippen molar-refractivity contribution >= 4 is 23.2 Å². The number of benzene rings is 2. The van der Waals surface area contributed by atoms with Crippen molar-refractivity contribution in [2.45, 2.75) is 6.42 Å². The maximum absolute atomic E-state index is 12.0. The minimum absolute atomic E-state index is 0.0699. The van der Waals surface area contributed by atoms with Crippen LogP contribution in [0.1, 0.15) is 16.2 Å². The summed E-state index contributed by atoms with van der Waals surface area (Å²) in [5.41, 5.74) is 0.927. The average Bonchev–Trinajstić information content (AvgIpc) is 3.10. The van der Waals surface area contributed by atoms with Gasteiger partial charge in [-0.05, 0) is 24.3 Å². The van der Waals surface area contributed by atoms with E-state index in [-0.39, 0.29) is 18.1 Å². The molecule has 8 nitrogen and oxygen atoms in total. The molecule has 1 aromatic heterocycles. The van der Waals surface area contributed by atoms with Crippen LogP contribution in [0.5, 0.6) is 0 Å². The van der Waals surface area contributed by atoms with E-state index in [1.807, 2.05) is 6.07 Å². The Bertz CT molecular complexity index is 940. The second-order valence-corrected chi connectivity index (χ2v) is 5.71. The van der Waals surface area contributed by atoms with Gasteiger partial charge in [0, 0.05) is 36.2 Å². The first-order valence-electron chi connectivity index (χ1n) is 7.65. The topological polar surface area (TPSA) is 111 Å². The highest BCUT2D eigenvalue weighted by molar-refractivity contribution is 6.33. The van der Waals surface area contributed by atoms with Crippen molar-refractivity contribution in [2.75, 3.05) is 6.54 Å². The van der Waals surface area contributed by atoms with Crippen molar-refractivity contribution in [3.63, 3.8) is 0 Å². The molecule has 0 spiro atoms. The molecule has 0 unspecified atom stereocenters. The van der Waals surface area contributed by atoms with E-state index in [1.54, 1.807) is 18.2 Å². The Labute approximate surface area is 152 Å². The summed E-state index contributed by atoms with van der Waals surface area (Å²) in [7, 11) is 0. The zero-order valence-corrected chi connectivity index (χ0v) is 14.1. The number of hydrogen-bond donors (Lipinski definition) is 1. The van der Waals surface area contributed by atoms with Gasteiger partial charge in [-0.1, -0.05) is 28.9 Å². The SMILES string of the molecule is O=C(NCCc1nc(-c2ccccc2Cl)no1)c1ccc([N+](=O)[O-])cc1. The van der Waals surface area contributed by atoms with Crippen LogP contribution in [0, 0.1) is 10.1 Å². The number of carbonyl (C=O) groups is 1. The summed E-state index contributed by atoms with van der Waals surface area (Å²) in [6.07, 6.45) is 0.343. The number of rotatable bonds is 6. The maximum atomic E-state index is 12.0. The summed E-state index contributed by atoms with van der Waals surface area (Å²) in [5, 5.41) is 17.7. The Hall–Kier alpha value is -3.26. The molecular weight excluding hydrogens is 360 g/mol. The lowest BCUT2D eigenvalue weighted by Gasteiger charge is -2.03. The van der Waals surface area contributed by atoms with Gasteiger partial charge in [0.1, 0.15) is 0 Å². The zero-order valence-electron chi connectivity index (χ0n) is 13.4. The molecule has 0 fully saturated rings. The molecule has 0 radical (unpaired) electrons. The van der Waals surface area contributed by atoms with E-state index in [9.17, 15) is 14.9 Å². The lowest BCUT2D eigenvalue weighted by Crippen LogP contribution is -2.25. The van der Waals surface area contributed by atoms with Crippen molar-refractivity contribution in [1.82, 2.24) is 15.5 Å². The smallest absolute Gasteiger partial charge is 0.269 e. The summed E-state index contributed by atoms with van der Waals surface area (Å²) in [6, 6.07) is 12.5. The lowest BCUT2D eigenvalue weighted by atomic mass is 10.2. The van der Waals surface area contributed by atoms with Crippen LogP contribution >= 0.6 is 11.6 Å². The highest BCUT2D eigenvalue weighted by atomic mass is 35.5. The largest absolute Gasteiger partial charge is 0.352 e. The van der Waals surface area contributed by atoms with Gasteiger partial charge in [-0.25, -0.2) is 0 Å². The zero-order chi connectivity index (χ0) is 18.5. The van der Waals surface area contributed by atoms with Crippen molar-refractivity contribution in [1.29, 1.82) is 0 Å². The predicted octanol–water partition coefficient (Wildman–Crippen LogP) is 3.27. The molecule has 0 bridgehead atoms. The molecule has 1 amide bonds. The molecule has 3 aromatic rings. The quantitative estimate of drug-likeness (QED) is 0.525. The van der Waals surface area contributed by atoms with Crippen LogP contribution in [0.3, 0.4) is 0 Å². The number of aromatic nitrogens is 2. The molecule has 2 aromatic carbocycles. The second kappa shape index (κ2) is 7.75. The number of amides is 1. The van der Waals surface area contributed by atoms with Crippen LogP contribution in [0.15, 0.2) is 53.1 Å². The molecular formula is C17H13ClN4O4. The number of nitro groups is 1. The van der Waals surface area contributed by atoms with Crippen LogP contribution in [-0.2, 0) is 6.42 Å². The molecule has 26 heavy (non-hydrogen) atoms. The first kappa shape index (κ1) is 17.6. The number of nitro benzene ring substituents is 1. The summed E-state index contributed by atoms with van der Waals surface area (Å²) in [6.45, 7) is 0.278. The number of non-ortho nitro benzene ring substituents is 1. The summed E-state index contributed by atoms with van der Waals surface area (Å²) < 4.78 is 5.16. The number of carbonyl (C=O) groups excluding carboxylic acids is 1. The van der Waals surface area contributed by atoms with Crippen molar-refractivity contribution in [3.8, 4) is 11.4 Å². The minimum atomic E-state index is -0.520. The standard InChI is InChI=1S/C17H13ClN4O4/c18-14-4-2-1-3-13(14)16-20-15(26-21-16)9-10-19-17(23)11-5-7-12(8-6-11)22(24)25/h1-8H,9-10H2,(H,19,23). The van der Waals surface area contributed by atoms with Gasteiger partial charge in [-0.15, -0.1) is 0 Å². The third-order valence-corrected chi connectivity index (χ3v) is 3.88. The second-order valence-electron chi connectivity index (χ2n) is 5.30. The van der Waals surface area contributed by atoms with Crippen LogP contribution in [-0.4, -0.2) is 27.5 Å². The predicted molar refractivity (Wildman–Crippen MR) is 93.9 cm³/mol. The van der Waals surface area contributed by atoms with Gasteiger partial charge in [0.2, 0.25) is 11.7 Å². The molecule has 3 rings (SSSR count). The molecule has 9 heteroatoms. The van der Waals surface area contributed by atoms with Gasteiger partial charge >= 0.3 is 0 Å². The Balaban J connectivity index is 1.56. The van der Waals surface area contributed by atoms with Gasteiger partial charge < -0.3 is 9.84 Å². The highest BCUT2D eigenvalue weighted by Gasteiger charge is 2.12. The van der Waals surface area contributed by atoms with Crippen LogP contribution in [0.4, 0.5) is 5.69 Å². The fraction of sp³-hybridized carbons (Fsp3) is 0.118. The molecule has 0 aliphatic heterocycles. The summed E-state index contributed by atoms with van der Waals surface area (Å²) in [4.78, 5) is 26.4. The third-order valence-electron chi connectivity index (χ3n) is 3.55. The van der Waals surface area contributed by atoms with Crippen molar-refractivity contribution in [3.05, 3.63) is 75.1 Å². The molecule has 0 aliphatic rings. The van der Waals surface area contributed by atoms with E-state index in [2.05, 4.69) is 15.5 Å². The number of halogens is 1. The molecule has 0 aliphatic carbocycles. The molecule has 0 atom stereocenters. The van der Waals surface area contributed by atoms with Gasteiger partial charge in [0.05, 0.1) is 9.95 Å². The van der Waals surface area contributed by atoms with E-state index in [4.69, 9.17) is 16.1 Å². The van der Waals surface area contributed by atoms with Gasteiger partial charge in [-0.3, -0.25) is 14.9 Å². The first-order chi connectivity index (χ1) is 12.5. The average molecular weight is 373 g/mol. The Morgan fingerprint density at radius 2 is 1.92 bits per heavy atom. The molecule has 1 N–H and O–H groups in total. The van der Waals surface area contributed by atoms with E-state index in [1.165, 1.54) is 24.3 Å². The number of hydrogen-bond acceptors (Lipinski definition) is 6. The van der Waals surface area contributed by atoms with Gasteiger partial charge in [0.25, 0.3) is 11.6 Å². The summed E-state index contributed by atoms with van der Waals surface area (Å²) in [5.74, 6) is 0.405. The molecule has 132 valence electrons. The first-order valence-corrected chi connectivity index (χ1v) is 8.02. The fourth-order valence-electron chi connectivity index (χ4n) is 2.23. The maximum Gasteiger partial charge on any atom is 0.269 e.